The summed E-state index contributed by atoms with van der Waals surface area (Å²) in [6, 6.07) is 8.71. The maximum absolute atomic E-state index is 11.3. The molecule has 4 nitrogen and oxygen atoms in total. The molecule has 0 saturated heterocycles. The van der Waals surface area contributed by atoms with Gasteiger partial charge < -0.3 is 15.0 Å². The van der Waals surface area contributed by atoms with Crippen LogP contribution in [0.2, 0.25) is 0 Å². The van der Waals surface area contributed by atoms with E-state index < -0.39 is 0 Å². The Morgan fingerprint density at radius 2 is 2.00 bits per heavy atom. The average molecular weight is 292 g/mol. The fourth-order valence-corrected chi connectivity index (χ4v) is 2.49. The molecule has 0 spiro atoms. The molecule has 1 amide bonds. The molecule has 0 aliphatic heterocycles. The summed E-state index contributed by atoms with van der Waals surface area (Å²) in [7, 11) is 3.37. The summed E-state index contributed by atoms with van der Waals surface area (Å²) < 4.78 is 5.18. The number of nitrogens with zero attached hydrogens (tertiary/aromatic N) is 1. The van der Waals surface area contributed by atoms with Gasteiger partial charge >= 0.3 is 0 Å². The van der Waals surface area contributed by atoms with Crippen molar-refractivity contribution in [1.82, 2.24) is 10.2 Å². The number of benzene rings is 1. The minimum atomic E-state index is 0.119. The van der Waals surface area contributed by atoms with Crippen molar-refractivity contribution in [2.24, 2.45) is 0 Å². The van der Waals surface area contributed by atoms with Gasteiger partial charge in [-0.2, -0.15) is 0 Å². The van der Waals surface area contributed by atoms with Gasteiger partial charge in [-0.3, -0.25) is 4.79 Å². The highest BCUT2D eigenvalue weighted by atomic mass is 16.5. The van der Waals surface area contributed by atoms with E-state index in [4.69, 9.17) is 4.74 Å². The molecule has 0 fully saturated rings. The van der Waals surface area contributed by atoms with E-state index in [9.17, 15) is 4.79 Å². The van der Waals surface area contributed by atoms with Crippen molar-refractivity contribution in [3.63, 3.8) is 0 Å². The average Bonchev–Trinajstić information content (AvgIpc) is 2.51. The minimum Gasteiger partial charge on any atom is -0.497 e. The van der Waals surface area contributed by atoms with Gasteiger partial charge in [-0.1, -0.05) is 19.1 Å². The number of ether oxygens (including phenoxy) is 1. The van der Waals surface area contributed by atoms with Crippen molar-refractivity contribution >= 4 is 5.91 Å². The zero-order valence-electron chi connectivity index (χ0n) is 13.7. The van der Waals surface area contributed by atoms with Gasteiger partial charge in [0.15, 0.2) is 0 Å². The van der Waals surface area contributed by atoms with Crippen molar-refractivity contribution in [3.05, 3.63) is 29.8 Å². The van der Waals surface area contributed by atoms with Crippen LogP contribution in [0.4, 0.5) is 0 Å². The highest BCUT2D eigenvalue weighted by Gasteiger charge is 2.13. The fourth-order valence-electron chi connectivity index (χ4n) is 2.49. The van der Waals surface area contributed by atoms with E-state index in [0.717, 1.165) is 31.7 Å². The lowest BCUT2D eigenvalue weighted by Crippen LogP contribution is -2.35. The van der Waals surface area contributed by atoms with Gasteiger partial charge in [-0.05, 0) is 50.6 Å². The highest BCUT2D eigenvalue weighted by Crippen LogP contribution is 2.15. The van der Waals surface area contributed by atoms with Crippen LogP contribution in [0.25, 0.3) is 0 Å². The Morgan fingerprint density at radius 1 is 1.33 bits per heavy atom. The third kappa shape index (κ3) is 6.17. The molecular weight excluding hydrogens is 264 g/mol. The van der Waals surface area contributed by atoms with E-state index in [1.165, 1.54) is 5.56 Å². The monoisotopic (exact) mass is 292 g/mol. The molecule has 0 aromatic heterocycles. The number of rotatable bonds is 9. The Balaban J connectivity index is 2.45. The molecule has 1 aromatic carbocycles. The van der Waals surface area contributed by atoms with E-state index in [2.05, 4.69) is 36.2 Å². The largest absolute Gasteiger partial charge is 0.497 e. The lowest BCUT2D eigenvalue weighted by atomic mass is 10.1. The Labute approximate surface area is 128 Å². The van der Waals surface area contributed by atoms with E-state index in [1.807, 2.05) is 12.1 Å². The third-order valence-electron chi connectivity index (χ3n) is 3.85. The molecule has 4 heteroatoms. The van der Waals surface area contributed by atoms with Gasteiger partial charge in [0.05, 0.1) is 7.11 Å². The number of carbonyl (C=O) groups is 1. The number of likely N-dealkylation sites (N-methyl/N-ethyl adjacent to an activating group) is 1. The zero-order valence-corrected chi connectivity index (χ0v) is 13.7. The predicted molar refractivity (Wildman–Crippen MR) is 86.7 cm³/mol. The molecular formula is C17H28N2O2. The zero-order chi connectivity index (χ0) is 15.7. The summed E-state index contributed by atoms with van der Waals surface area (Å²) in [5.74, 6) is 1.01. The van der Waals surface area contributed by atoms with Crippen LogP contribution in [0.3, 0.4) is 0 Å². The molecule has 1 unspecified atom stereocenters. The number of amides is 1. The summed E-state index contributed by atoms with van der Waals surface area (Å²) in [4.78, 5) is 13.7. The first-order chi connectivity index (χ1) is 10.1. The van der Waals surface area contributed by atoms with Crippen LogP contribution in [0.1, 0.15) is 32.3 Å². The SMILES string of the molecule is CCN(CCCC(=O)NC)C(C)Cc1ccc(OC)cc1. The molecule has 0 aliphatic carbocycles. The Hall–Kier alpha value is -1.55. The Bertz CT molecular complexity index is 417. The molecule has 0 aliphatic rings. The van der Waals surface area contributed by atoms with Crippen molar-refractivity contribution in [1.29, 1.82) is 0 Å². The van der Waals surface area contributed by atoms with Crippen LogP contribution in [0.5, 0.6) is 5.75 Å². The standard InChI is InChI=1S/C17H28N2O2/c1-5-19(12-6-7-17(20)18-3)14(2)13-15-8-10-16(21-4)11-9-15/h8-11,14H,5-7,12-13H2,1-4H3,(H,18,20). The number of nitrogens with one attached hydrogen (secondary N) is 1. The van der Waals surface area contributed by atoms with Crippen LogP contribution in [-0.4, -0.2) is 44.1 Å². The molecule has 118 valence electrons. The number of methoxy groups -OCH3 is 1. The van der Waals surface area contributed by atoms with Crippen LogP contribution in [-0.2, 0) is 11.2 Å². The number of hydrogen-bond acceptors (Lipinski definition) is 3. The van der Waals surface area contributed by atoms with Crippen molar-refractivity contribution in [2.45, 2.75) is 39.2 Å². The van der Waals surface area contributed by atoms with E-state index in [1.54, 1.807) is 14.2 Å². The summed E-state index contributed by atoms with van der Waals surface area (Å²) in [6.07, 6.45) is 2.51. The van der Waals surface area contributed by atoms with Gasteiger partial charge in [0, 0.05) is 19.5 Å². The van der Waals surface area contributed by atoms with Gasteiger partial charge in [0.1, 0.15) is 5.75 Å². The number of hydrogen-bond donors (Lipinski definition) is 1. The van der Waals surface area contributed by atoms with Gasteiger partial charge in [0.2, 0.25) is 5.91 Å². The number of carbonyl (C=O) groups excluding carboxylic acids is 1. The molecule has 21 heavy (non-hydrogen) atoms. The molecule has 0 bridgehead atoms. The maximum atomic E-state index is 11.3. The normalized spacial score (nSPS) is 12.2. The Kier molecular flexibility index (Phi) is 7.83. The molecule has 1 aromatic rings. The lowest BCUT2D eigenvalue weighted by Gasteiger charge is -2.28. The Morgan fingerprint density at radius 3 is 2.52 bits per heavy atom. The van der Waals surface area contributed by atoms with Crippen molar-refractivity contribution in [3.8, 4) is 5.75 Å². The predicted octanol–water partition coefficient (Wildman–Crippen LogP) is 2.47. The summed E-state index contributed by atoms with van der Waals surface area (Å²) >= 11 is 0. The molecule has 1 N–H and O–H groups in total. The summed E-state index contributed by atoms with van der Waals surface area (Å²) in [6.45, 7) is 6.38. The maximum Gasteiger partial charge on any atom is 0.219 e. The second kappa shape index (κ2) is 9.40. The molecule has 0 saturated carbocycles. The summed E-state index contributed by atoms with van der Waals surface area (Å²) in [5, 5.41) is 2.67. The quantitative estimate of drug-likeness (QED) is 0.760. The molecule has 1 atom stereocenters. The van der Waals surface area contributed by atoms with Crippen LogP contribution >= 0.6 is 0 Å². The van der Waals surface area contributed by atoms with Gasteiger partial charge in [0.25, 0.3) is 0 Å². The van der Waals surface area contributed by atoms with E-state index in [-0.39, 0.29) is 5.91 Å². The van der Waals surface area contributed by atoms with Crippen molar-refractivity contribution in [2.75, 3.05) is 27.2 Å². The first-order valence-electron chi connectivity index (χ1n) is 7.68. The lowest BCUT2D eigenvalue weighted by molar-refractivity contribution is -0.120. The molecule has 0 heterocycles. The van der Waals surface area contributed by atoms with Crippen molar-refractivity contribution < 1.29 is 9.53 Å². The first kappa shape index (κ1) is 17.5. The molecule has 1 rings (SSSR count). The van der Waals surface area contributed by atoms with Gasteiger partial charge in [-0.25, -0.2) is 0 Å². The van der Waals surface area contributed by atoms with E-state index >= 15 is 0 Å². The highest BCUT2D eigenvalue weighted by molar-refractivity contribution is 5.75. The van der Waals surface area contributed by atoms with Gasteiger partial charge in [-0.15, -0.1) is 0 Å². The van der Waals surface area contributed by atoms with Crippen LogP contribution < -0.4 is 10.1 Å². The minimum absolute atomic E-state index is 0.119. The van der Waals surface area contributed by atoms with E-state index in [0.29, 0.717) is 12.5 Å². The summed E-state index contributed by atoms with van der Waals surface area (Å²) in [5.41, 5.74) is 1.31. The molecule has 0 radical (unpaired) electrons. The fraction of sp³-hybridized carbons (Fsp3) is 0.588. The smallest absolute Gasteiger partial charge is 0.219 e. The second-order valence-electron chi connectivity index (χ2n) is 5.31. The first-order valence-corrected chi connectivity index (χ1v) is 7.68. The second-order valence-corrected chi connectivity index (χ2v) is 5.31. The third-order valence-corrected chi connectivity index (χ3v) is 3.85. The topological polar surface area (TPSA) is 41.6 Å². The van der Waals surface area contributed by atoms with Crippen LogP contribution in [0, 0.1) is 0 Å². The van der Waals surface area contributed by atoms with Crippen LogP contribution in [0.15, 0.2) is 24.3 Å².